The van der Waals surface area contributed by atoms with E-state index in [0.29, 0.717) is 11.5 Å². The van der Waals surface area contributed by atoms with Crippen LogP contribution in [-0.4, -0.2) is 11.2 Å². The van der Waals surface area contributed by atoms with Crippen LogP contribution in [0.25, 0.3) is 0 Å². The topological polar surface area (TPSA) is 49.8 Å². The Balaban J connectivity index is 2.18. The molecule has 0 aliphatic carbocycles. The Morgan fingerprint density at radius 1 is 1.21 bits per heavy atom. The lowest BCUT2D eigenvalue weighted by Gasteiger charge is -2.18. The molecule has 2 aromatic carbocycles. The minimum absolute atomic E-state index is 0.127. The number of anilines is 1. The Morgan fingerprint density at radius 2 is 2.00 bits per heavy atom. The number of carboxylic acid groups (broad SMARTS) is 1. The molecule has 0 unspecified atom stereocenters. The summed E-state index contributed by atoms with van der Waals surface area (Å²) in [5, 5.41) is 9.27. The Morgan fingerprint density at radius 3 is 2.79 bits per heavy atom. The lowest BCUT2D eigenvalue weighted by Crippen LogP contribution is -2.28. The number of benzene rings is 2. The zero-order chi connectivity index (χ0) is 13.4. The number of ether oxygens (including phenoxy) is 1. The van der Waals surface area contributed by atoms with Crippen LogP contribution in [0.1, 0.15) is 5.56 Å². The molecule has 1 N–H and O–H groups in total. The fraction of sp³-hybridized carbons (Fsp3) is 0.0714. The zero-order valence-corrected chi connectivity index (χ0v) is 9.84. The van der Waals surface area contributed by atoms with E-state index in [2.05, 4.69) is 0 Å². The highest BCUT2D eigenvalue weighted by Gasteiger charge is 2.25. The summed E-state index contributed by atoms with van der Waals surface area (Å²) in [6.07, 6.45) is -1.15. The van der Waals surface area contributed by atoms with Crippen molar-refractivity contribution >= 4 is 11.8 Å². The minimum Gasteiger partial charge on any atom is -0.465 e. The average molecular weight is 259 g/mol. The van der Waals surface area contributed by atoms with E-state index in [4.69, 9.17) is 4.74 Å². The smallest absolute Gasteiger partial charge is 0.412 e. The van der Waals surface area contributed by atoms with Gasteiger partial charge in [-0.15, -0.1) is 0 Å². The molecular weight excluding hydrogens is 249 g/mol. The average Bonchev–Trinajstić information content (AvgIpc) is 2.55. The second-order valence-electron chi connectivity index (χ2n) is 4.19. The van der Waals surface area contributed by atoms with Crippen molar-refractivity contribution in [1.82, 2.24) is 0 Å². The standard InChI is InChI=1S/C14H10FNO3/c15-10-5-6-13-11(7-10)16(14(17)18)8-9-3-1-2-4-12(9)19-13/h1-7H,8H2,(H,17,18). The van der Waals surface area contributed by atoms with Crippen LogP contribution >= 0.6 is 0 Å². The van der Waals surface area contributed by atoms with Gasteiger partial charge in [-0.25, -0.2) is 9.18 Å². The number of hydrogen-bond acceptors (Lipinski definition) is 2. The summed E-state index contributed by atoms with van der Waals surface area (Å²) in [5.74, 6) is 0.410. The zero-order valence-electron chi connectivity index (χ0n) is 9.84. The van der Waals surface area contributed by atoms with Gasteiger partial charge in [-0.3, -0.25) is 4.90 Å². The van der Waals surface area contributed by atoms with Gasteiger partial charge in [0.2, 0.25) is 0 Å². The molecule has 4 nitrogen and oxygen atoms in total. The molecule has 1 heterocycles. The molecular formula is C14H10FNO3. The number of nitrogens with zero attached hydrogens (tertiary/aromatic N) is 1. The van der Waals surface area contributed by atoms with E-state index < -0.39 is 11.9 Å². The second kappa shape index (κ2) is 4.28. The predicted molar refractivity (Wildman–Crippen MR) is 67.1 cm³/mol. The summed E-state index contributed by atoms with van der Waals surface area (Å²) in [6.45, 7) is 0.127. The fourth-order valence-corrected chi connectivity index (χ4v) is 2.07. The number of halogens is 1. The van der Waals surface area contributed by atoms with Gasteiger partial charge in [0.1, 0.15) is 11.6 Å². The molecule has 0 aromatic heterocycles. The SMILES string of the molecule is O=C(O)N1Cc2ccccc2Oc2ccc(F)cc21. The van der Waals surface area contributed by atoms with Gasteiger partial charge in [-0.1, -0.05) is 18.2 Å². The van der Waals surface area contributed by atoms with Gasteiger partial charge in [0.15, 0.2) is 5.75 Å². The van der Waals surface area contributed by atoms with E-state index in [9.17, 15) is 14.3 Å². The molecule has 19 heavy (non-hydrogen) atoms. The molecule has 0 spiro atoms. The van der Waals surface area contributed by atoms with E-state index in [1.54, 1.807) is 24.3 Å². The van der Waals surface area contributed by atoms with Crippen molar-refractivity contribution in [2.45, 2.75) is 6.54 Å². The Bertz CT molecular complexity index is 657. The molecule has 96 valence electrons. The first-order valence-electron chi connectivity index (χ1n) is 5.71. The Kier molecular flexibility index (Phi) is 2.59. The van der Waals surface area contributed by atoms with E-state index in [0.717, 1.165) is 16.5 Å². The lowest BCUT2D eigenvalue weighted by atomic mass is 10.2. The summed E-state index contributed by atoms with van der Waals surface area (Å²) in [6, 6.07) is 11.0. The van der Waals surface area contributed by atoms with Crippen LogP contribution in [0.5, 0.6) is 11.5 Å². The van der Waals surface area contributed by atoms with Crippen molar-refractivity contribution in [3.8, 4) is 11.5 Å². The van der Waals surface area contributed by atoms with Gasteiger partial charge in [-0.2, -0.15) is 0 Å². The van der Waals surface area contributed by atoms with Gasteiger partial charge in [-0.05, 0) is 18.2 Å². The van der Waals surface area contributed by atoms with Crippen LogP contribution in [0.4, 0.5) is 14.9 Å². The van der Waals surface area contributed by atoms with E-state index >= 15 is 0 Å². The first-order valence-corrected chi connectivity index (χ1v) is 5.71. The van der Waals surface area contributed by atoms with Gasteiger partial charge < -0.3 is 9.84 Å². The maximum atomic E-state index is 13.3. The van der Waals surface area contributed by atoms with Crippen molar-refractivity contribution in [2.75, 3.05) is 4.90 Å². The number of carbonyl (C=O) groups is 1. The van der Waals surface area contributed by atoms with Crippen LogP contribution in [0.15, 0.2) is 42.5 Å². The quantitative estimate of drug-likeness (QED) is 0.786. The Hall–Kier alpha value is -2.56. The first-order chi connectivity index (χ1) is 9.15. The van der Waals surface area contributed by atoms with E-state index in [1.165, 1.54) is 12.1 Å². The third-order valence-electron chi connectivity index (χ3n) is 2.96. The van der Waals surface area contributed by atoms with Crippen molar-refractivity contribution in [2.24, 2.45) is 0 Å². The molecule has 0 saturated heterocycles. The van der Waals surface area contributed by atoms with Crippen molar-refractivity contribution < 1.29 is 19.0 Å². The maximum Gasteiger partial charge on any atom is 0.412 e. The molecule has 3 rings (SSSR count). The Labute approximate surface area is 108 Å². The number of amides is 1. The van der Waals surface area contributed by atoms with Crippen molar-refractivity contribution in [1.29, 1.82) is 0 Å². The molecule has 0 bridgehead atoms. The van der Waals surface area contributed by atoms with Gasteiger partial charge in [0.25, 0.3) is 0 Å². The summed E-state index contributed by atoms with van der Waals surface area (Å²) in [4.78, 5) is 12.4. The second-order valence-corrected chi connectivity index (χ2v) is 4.19. The molecule has 1 aliphatic rings. The van der Waals surface area contributed by atoms with E-state index in [1.807, 2.05) is 0 Å². The van der Waals surface area contributed by atoms with Gasteiger partial charge in [0, 0.05) is 11.6 Å². The molecule has 1 aliphatic heterocycles. The van der Waals surface area contributed by atoms with Crippen LogP contribution < -0.4 is 9.64 Å². The van der Waals surface area contributed by atoms with Gasteiger partial charge in [0.05, 0.1) is 12.2 Å². The maximum absolute atomic E-state index is 13.3. The van der Waals surface area contributed by atoms with Crippen LogP contribution in [0, 0.1) is 5.82 Å². The summed E-state index contributed by atoms with van der Waals surface area (Å²) in [7, 11) is 0. The van der Waals surface area contributed by atoms with Crippen molar-refractivity contribution in [3.63, 3.8) is 0 Å². The van der Waals surface area contributed by atoms with Crippen LogP contribution in [0.3, 0.4) is 0 Å². The van der Waals surface area contributed by atoms with Crippen molar-refractivity contribution in [3.05, 3.63) is 53.8 Å². The molecule has 5 heteroatoms. The summed E-state index contributed by atoms with van der Waals surface area (Å²) >= 11 is 0. The molecule has 0 saturated carbocycles. The normalized spacial score (nSPS) is 13.0. The molecule has 0 radical (unpaired) electrons. The summed E-state index contributed by atoms with van der Waals surface area (Å²) < 4.78 is 19.0. The van der Waals surface area contributed by atoms with E-state index in [-0.39, 0.29) is 12.2 Å². The summed E-state index contributed by atoms with van der Waals surface area (Å²) in [5.41, 5.74) is 0.949. The molecule has 2 aromatic rings. The van der Waals surface area contributed by atoms with Crippen LogP contribution in [0.2, 0.25) is 0 Å². The third kappa shape index (κ3) is 1.99. The largest absolute Gasteiger partial charge is 0.465 e. The highest BCUT2D eigenvalue weighted by molar-refractivity contribution is 5.89. The first kappa shape index (κ1) is 11.5. The number of para-hydroxylation sites is 1. The van der Waals surface area contributed by atoms with Crippen LogP contribution in [-0.2, 0) is 6.54 Å². The number of hydrogen-bond donors (Lipinski definition) is 1. The molecule has 1 amide bonds. The lowest BCUT2D eigenvalue weighted by molar-refractivity contribution is 0.201. The minimum atomic E-state index is -1.15. The molecule has 0 atom stereocenters. The highest BCUT2D eigenvalue weighted by atomic mass is 19.1. The predicted octanol–water partition coefficient (Wildman–Crippen LogP) is 3.62. The number of rotatable bonds is 0. The number of fused-ring (bicyclic) bond motifs is 2. The highest BCUT2D eigenvalue weighted by Crippen LogP contribution is 2.39. The van der Waals surface area contributed by atoms with Gasteiger partial charge >= 0.3 is 6.09 Å². The monoisotopic (exact) mass is 259 g/mol. The molecule has 0 fully saturated rings. The third-order valence-corrected chi connectivity index (χ3v) is 2.96. The fourth-order valence-electron chi connectivity index (χ4n) is 2.07.